The van der Waals surface area contributed by atoms with Crippen LogP contribution in [-0.4, -0.2) is 24.6 Å². The molecule has 1 heterocycles. The summed E-state index contributed by atoms with van der Waals surface area (Å²) in [5, 5.41) is 7.10. The molecular formula is C10H15BrClN3. The molecule has 0 bridgehead atoms. The Morgan fingerprint density at radius 1 is 1.47 bits per heavy atom. The van der Waals surface area contributed by atoms with Crippen molar-refractivity contribution in [2.45, 2.75) is 13.3 Å². The van der Waals surface area contributed by atoms with E-state index in [-0.39, 0.29) is 0 Å². The van der Waals surface area contributed by atoms with Gasteiger partial charge < -0.3 is 10.6 Å². The van der Waals surface area contributed by atoms with Crippen LogP contribution < -0.4 is 10.6 Å². The normalized spacial score (nSPS) is 10.3. The average Bonchev–Trinajstić information content (AvgIpc) is 2.20. The first-order valence-corrected chi connectivity index (χ1v) is 6.16. The molecule has 0 amide bonds. The maximum Gasteiger partial charge on any atom is 0.144 e. The van der Waals surface area contributed by atoms with Crippen molar-refractivity contribution in [3.05, 3.63) is 21.8 Å². The molecule has 2 N–H and O–H groups in total. The van der Waals surface area contributed by atoms with Crippen molar-refractivity contribution in [3.63, 3.8) is 0 Å². The third-order valence-electron chi connectivity index (χ3n) is 1.88. The quantitative estimate of drug-likeness (QED) is 0.792. The standard InChI is InChI=1S/C10H15BrClN3/c1-2-13-4-3-5-14-10-9(12)6-8(11)7-15-10/h6-7,13H,2-5H2,1H3,(H,14,15). The van der Waals surface area contributed by atoms with E-state index in [4.69, 9.17) is 11.6 Å². The number of nitrogens with zero attached hydrogens (tertiary/aromatic N) is 1. The second-order valence-corrected chi connectivity index (χ2v) is 4.44. The fourth-order valence-corrected chi connectivity index (χ4v) is 1.84. The number of anilines is 1. The number of halogens is 2. The summed E-state index contributed by atoms with van der Waals surface area (Å²) in [5.41, 5.74) is 0. The van der Waals surface area contributed by atoms with Gasteiger partial charge in [-0.3, -0.25) is 0 Å². The molecule has 15 heavy (non-hydrogen) atoms. The molecule has 1 aromatic rings. The SMILES string of the molecule is CCNCCCNc1ncc(Br)cc1Cl. The van der Waals surface area contributed by atoms with Crippen LogP contribution in [0.1, 0.15) is 13.3 Å². The third-order valence-corrected chi connectivity index (χ3v) is 2.60. The monoisotopic (exact) mass is 291 g/mol. The van der Waals surface area contributed by atoms with Crippen molar-refractivity contribution in [2.75, 3.05) is 25.0 Å². The van der Waals surface area contributed by atoms with E-state index in [1.807, 2.05) is 6.07 Å². The minimum Gasteiger partial charge on any atom is -0.369 e. The van der Waals surface area contributed by atoms with Crippen LogP contribution >= 0.6 is 27.5 Å². The molecule has 0 aliphatic heterocycles. The first-order chi connectivity index (χ1) is 7.24. The summed E-state index contributed by atoms with van der Waals surface area (Å²) in [5.74, 6) is 0.747. The summed E-state index contributed by atoms with van der Waals surface area (Å²) in [6, 6.07) is 1.83. The Morgan fingerprint density at radius 3 is 2.93 bits per heavy atom. The van der Waals surface area contributed by atoms with E-state index in [2.05, 4.69) is 38.5 Å². The van der Waals surface area contributed by atoms with Gasteiger partial charge in [-0.1, -0.05) is 18.5 Å². The molecular weight excluding hydrogens is 277 g/mol. The van der Waals surface area contributed by atoms with Crippen molar-refractivity contribution < 1.29 is 0 Å². The Balaban J connectivity index is 2.31. The zero-order chi connectivity index (χ0) is 11.1. The molecule has 0 aromatic carbocycles. The molecule has 84 valence electrons. The van der Waals surface area contributed by atoms with Crippen LogP contribution in [-0.2, 0) is 0 Å². The van der Waals surface area contributed by atoms with Crippen molar-refractivity contribution >= 4 is 33.3 Å². The highest BCUT2D eigenvalue weighted by Crippen LogP contribution is 2.22. The van der Waals surface area contributed by atoms with E-state index in [0.29, 0.717) is 5.02 Å². The molecule has 3 nitrogen and oxygen atoms in total. The molecule has 0 unspecified atom stereocenters. The molecule has 0 aliphatic rings. The minimum atomic E-state index is 0.646. The molecule has 0 spiro atoms. The molecule has 0 radical (unpaired) electrons. The Morgan fingerprint density at radius 2 is 2.27 bits per heavy atom. The molecule has 1 aromatic heterocycles. The summed E-state index contributed by atoms with van der Waals surface area (Å²) in [7, 11) is 0. The summed E-state index contributed by atoms with van der Waals surface area (Å²) >= 11 is 9.31. The Hall–Kier alpha value is -0.320. The number of aromatic nitrogens is 1. The van der Waals surface area contributed by atoms with Gasteiger partial charge in [-0.05, 0) is 41.5 Å². The van der Waals surface area contributed by atoms with Gasteiger partial charge >= 0.3 is 0 Å². The van der Waals surface area contributed by atoms with Gasteiger partial charge in [-0.15, -0.1) is 0 Å². The zero-order valence-electron chi connectivity index (χ0n) is 8.69. The average molecular weight is 293 g/mol. The van der Waals surface area contributed by atoms with E-state index in [1.165, 1.54) is 0 Å². The van der Waals surface area contributed by atoms with Crippen LogP contribution in [0.15, 0.2) is 16.7 Å². The second-order valence-electron chi connectivity index (χ2n) is 3.12. The maximum atomic E-state index is 6.00. The predicted octanol–water partition coefficient (Wildman–Crippen LogP) is 2.91. The lowest BCUT2D eigenvalue weighted by molar-refractivity contribution is 0.688. The topological polar surface area (TPSA) is 37.0 Å². The lowest BCUT2D eigenvalue weighted by Gasteiger charge is -2.07. The van der Waals surface area contributed by atoms with E-state index >= 15 is 0 Å². The van der Waals surface area contributed by atoms with Gasteiger partial charge in [0.25, 0.3) is 0 Å². The van der Waals surface area contributed by atoms with Gasteiger partial charge in [0.05, 0.1) is 5.02 Å². The minimum absolute atomic E-state index is 0.646. The largest absolute Gasteiger partial charge is 0.369 e. The summed E-state index contributed by atoms with van der Waals surface area (Å²) in [6.07, 6.45) is 2.79. The van der Waals surface area contributed by atoms with Crippen LogP contribution in [0.25, 0.3) is 0 Å². The molecule has 0 atom stereocenters. The van der Waals surface area contributed by atoms with Gasteiger partial charge in [0.2, 0.25) is 0 Å². The second kappa shape index (κ2) is 7.04. The van der Waals surface area contributed by atoms with Crippen LogP contribution in [0, 0.1) is 0 Å². The van der Waals surface area contributed by atoms with Gasteiger partial charge in [-0.2, -0.15) is 0 Å². The lowest BCUT2D eigenvalue weighted by atomic mass is 10.4. The van der Waals surface area contributed by atoms with Crippen LogP contribution in [0.2, 0.25) is 5.02 Å². The van der Waals surface area contributed by atoms with E-state index in [1.54, 1.807) is 6.20 Å². The van der Waals surface area contributed by atoms with Crippen molar-refractivity contribution in [1.82, 2.24) is 10.3 Å². The number of rotatable bonds is 6. The third kappa shape index (κ3) is 4.82. The molecule has 5 heteroatoms. The molecule has 1 rings (SSSR count). The van der Waals surface area contributed by atoms with Crippen LogP contribution in [0.5, 0.6) is 0 Å². The first-order valence-electron chi connectivity index (χ1n) is 4.99. The van der Waals surface area contributed by atoms with Crippen LogP contribution in [0.4, 0.5) is 5.82 Å². The molecule has 0 aliphatic carbocycles. The maximum absolute atomic E-state index is 6.00. The van der Waals surface area contributed by atoms with E-state index in [9.17, 15) is 0 Å². The highest BCUT2D eigenvalue weighted by atomic mass is 79.9. The van der Waals surface area contributed by atoms with Crippen molar-refractivity contribution in [3.8, 4) is 0 Å². The van der Waals surface area contributed by atoms with Gasteiger partial charge in [0.1, 0.15) is 5.82 Å². The van der Waals surface area contributed by atoms with Gasteiger partial charge in [0, 0.05) is 17.2 Å². The molecule has 0 fully saturated rings. The molecule has 0 saturated carbocycles. The first kappa shape index (κ1) is 12.7. The van der Waals surface area contributed by atoms with E-state index in [0.717, 1.165) is 36.3 Å². The van der Waals surface area contributed by atoms with Gasteiger partial charge in [-0.25, -0.2) is 4.98 Å². The summed E-state index contributed by atoms with van der Waals surface area (Å²) in [4.78, 5) is 4.19. The van der Waals surface area contributed by atoms with Crippen LogP contribution in [0.3, 0.4) is 0 Å². The number of hydrogen-bond acceptors (Lipinski definition) is 3. The fourth-order valence-electron chi connectivity index (χ4n) is 1.14. The zero-order valence-corrected chi connectivity index (χ0v) is 11.0. The van der Waals surface area contributed by atoms with Crippen molar-refractivity contribution in [1.29, 1.82) is 0 Å². The Labute approximate surface area is 104 Å². The van der Waals surface area contributed by atoms with Gasteiger partial charge in [0.15, 0.2) is 0 Å². The van der Waals surface area contributed by atoms with Crippen molar-refractivity contribution in [2.24, 2.45) is 0 Å². The number of nitrogens with one attached hydrogen (secondary N) is 2. The van der Waals surface area contributed by atoms with E-state index < -0.39 is 0 Å². The Bertz CT molecular complexity index is 307. The highest BCUT2D eigenvalue weighted by molar-refractivity contribution is 9.10. The Kier molecular flexibility index (Phi) is 5.98. The highest BCUT2D eigenvalue weighted by Gasteiger charge is 2.00. The number of hydrogen-bond donors (Lipinski definition) is 2. The summed E-state index contributed by atoms with van der Waals surface area (Å²) < 4.78 is 0.894. The lowest BCUT2D eigenvalue weighted by Crippen LogP contribution is -2.17. The fraction of sp³-hybridized carbons (Fsp3) is 0.500. The smallest absolute Gasteiger partial charge is 0.144 e. The summed E-state index contributed by atoms with van der Waals surface area (Å²) in [6.45, 7) is 5.00. The predicted molar refractivity (Wildman–Crippen MR) is 68.6 cm³/mol. The number of pyridine rings is 1. The molecule has 0 saturated heterocycles.